The van der Waals surface area contributed by atoms with Gasteiger partial charge in [0.2, 0.25) is 0 Å². The summed E-state index contributed by atoms with van der Waals surface area (Å²) in [5.41, 5.74) is 2.34. The van der Waals surface area contributed by atoms with E-state index in [0.29, 0.717) is 23.0 Å². The van der Waals surface area contributed by atoms with Gasteiger partial charge in [0.25, 0.3) is 5.91 Å². The third-order valence-electron chi connectivity index (χ3n) is 4.31. The topological polar surface area (TPSA) is 98.1 Å². The number of carbonyl (C=O) groups is 1. The molecule has 0 spiro atoms. The van der Waals surface area contributed by atoms with Crippen molar-refractivity contribution in [3.05, 3.63) is 63.8 Å². The van der Waals surface area contributed by atoms with Crippen molar-refractivity contribution < 1.29 is 14.6 Å². The standard InChI is InChI=1S/C21H18BrN3O3/c1-28-19-10-16(22)9-14(20(19)26)8-15(11-23)21(27)24-7-6-13-12-25-18-5-3-2-4-17(13)18/h2-5,8-10,12,25-26H,6-7H2,1H3,(H,24,27)/b15-8-. The minimum absolute atomic E-state index is 0.102. The molecule has 0 aliphatic heterocycles. The summed E-state index contributed by atoms with van der Waals surface area (Å²) in [6, 6.07) is 13.0. The van der Waals surface area contributed by atoms with Crippen LogP contribution in [-0.4, -0.2) is 29.7 Å². The summed E-state index contributed by atoms with van der Waals surface area (Å²) in [6.07, 6.45) is 3.89. The highest BCUT2D eigenvalue weighted by Gasteiger charge is 2.13. The zero-order chi connectivity index (χ0) is 20.1. The van der Waals surface area contributed by atoms with Gasteiger partial charge in [0.1, 0.15) is 11.6 Å². The fourth-order valence-corrected chi connectivity index (χ4v) is 3.36. The van der Waals surface area contributed by atoms with Crippen molar-refractivity contribution in [3.63, 3.8) is 0 Å². The van der Waals surface area contributed by atoms with Crippen molar-refractivity contribution >= 4 is 38.8 Å². The number of fused-ring (bicyclic) bond motifs is 1. The van der Waals surface area contributed by atoms with Crippen molar-refractivity contribution in [2.24, 2.45) is 0 Å². The number of aromatic amines is 1. The van der Waals surface area contributed by atoms with Gasteiger partial charge in [-0.3, -0.25) is 4.79 Å². The lowest BCUT2D eigenvalue weighted by Gasteiger charge is -2.08. The van der Waals surface area contributed by atoms with Crippen molar-refractivity contribution in [1.82, 2.24) is 10.3 Å². The van der Waals surface area contributed by atoms with E-state index in [9.17, 15) is 15.2 Å². The number of H-pyrrole nitrogens is 1. The fraction of sp³-hybridized carbons (Fsp3) is 0.143. The van der Waals surface area contributed by atoms with Crippen molar-refractivity contribution in [1.29, 1.82) is 5.26 Å². The Balaban J connectivity index is 1.71. The molecule has 0 bridgehead atoms. The number of para-hydroxylation sites is 1. The maximum Gasteiger partial charge on any atom is 0.261 e. The van der Waals surface area contributed by atoms with Crippen LogP contribution < -0.4 is 10.1 Å². The van der Waals surface area contributed by atoms with Gasteiger partial charge in [-0.1, -0.05) is 34.1 Å². The summed E-state index contributed by atoms with van der Waals surface area (Å²) in [4.78, 5) is 15.6. The first-order valence-electron chi connectivity index (χ1n) is 8.55. The number of aromatic hydroxyl groups is 1. The molecule has 3 rings (SSSR count). The molecule has 6 nitrogen and oxygen atoms in total. The molecule has 142 valence electrons. The number of aromatic nitrogens is 1. The number of nitriles is 1. The van der Waals surface area contributed by atoms with E-state index in [2.05, 4.69) is 26.2 Å². The van der Waals surface area contributed by atoms with Crippen LogP contribution >= 0.6 is 15.9 Å². The van der Waals surface area contributed by atoms with Crippen molar-refractivity contribution in [2.45, 2.75) is 6.42 Å². The summed E-state index contributed by atoms with van der Waals surface area (Å²) in [5, 5.41) is 23.4. The number of nitrogens with zero attached hydrogens (tertiary/aromatic N) is 1. The van der Waals surface area contributed by atoms with E-state index in [1.165, 1.54) is 13.2 Å². The second-order valence-corrected chi connectivity index (χ2v) is 7.00. The first kappa shape index (κ1) is 19.5. The second kappa shape index (κ2) is 8.63. The summed E-state index contributed by atoms with van der Waals surface area (Å²) in [7, 11) is 1.43. The Hall–Kier alpha value is -3.24. The van der Waals surface area contributed by atoms with E-state index < -0.39 is 5.91 Å². The summed E-state index contributed by atoms with van der Waals surface area (Å²) in [6.45, 7) is 0.382. The number of halogens is 1. The third-order valence-corrected chi connectivity index (χ3v) is 4.77. The average molecular weight is 440 g/mol. The molecule has 3 N–H and O–H groups in total. The van der Waals surface area contributed by atoms with Crippen LogP contribution in [0.2, 0.25) is 0 Å². The number of carbonyl (C=O) groups excluding carboxylic acids is 1. The number of ether oxygens (including phenoxy) is 1. The van der Waals surface area contributed by atoms with E-state index in [-0.39, 0.29) is 17.1 Å². The van der Waals surface area contributed by atoms with Gasteiger partial charge in [0, 0.05) is 33.7 Å². The highest BCUT2D eigenvalue weighted by molar-refractivity contribution is 9.10. The zero-order valence-corrected chi connectivity index (χ0v) is 16.7. The summed E-state index contributed by atoms with van der Waals surface area (Å²) >= 11 is 3.31. The quantitative estimate of drug-likeness (QED) is 0.400. The molecular formula is C21H18BrN3O3. The number of phenols is 1. The Morgan fingerprint density at radius 2 is 2.18 bits per heavy atom. The van der Waals surface area contributed by atoms with E-state index in [0.717, 1.165) is 16.5 Å². The largest absolute Gasteiger partial charge is 0.504 e. The third kappa shape index (κ3) is 4.18. The van der Waals surface area contributed by atoms with Crippen LogP contribution in [0.3, 0.4) is 0 Å². The van der Waals surface area contributed by atoms with Gasteiger partial charge in [-0.2, -0.15) is 5.26 Å². The zero-order valence-electron chi connectivity index (χ0n) is 15.1. The highest BCUT2D eigenvalue weighted by Crippen LogP contribution is 2.34. The van der Waals surface area contributed by atoms with E-state index in [1.54, 1.807) is 12.1 Å². The molecule has 0 saturated heterocycles. The van der Waals surface area contributed by atoms with Gasteiger partial charge in [-0.25, -0.2) is 0 Å². The molecule has 1 aromatic heterocycles. The smallest absolute Gasteiger partial charge is 0.261 e. The average Bonchev–Trinajstić information content (AvgIpc) is 3.11. The van der Waals surface area contributed by atoms with E-state index >= 15 is 0 Å². The van der Waals surface area contributed by atoms with Crippen molar-refractivity contribution in [3.8, 4) is 17.6 Å². The summed E-state index contributed by atoms with van der Waals surface area (Å²) < 4.78 is 5.75. The van der Waals surface area contributed by atoms with E-state index in [1.807, 2.05) is 36.5 Å². The number of nitrogens with one attached hydrogen (secondary N) is 2. The lowest BCUT2D eigenvalue weighted by Crippen LogP contribution is -2.26. The second-order valence-electron chi connectivity index (χ2n) is 6.08. The molecular weight excluding hydrogens is 422 g/mol. The number of benzene rings is 2. The first-order valence-corrected chi connectivity index (χ1v) is 9.34. The lowest BCUT2D eigenvalue weighted by molar-refractivity contribution is -0.117. The van der Waals surface area contributed by atoms with Crippen LogP contribution in [0.25, 0.3) is 17.0 Å². The van der Waals surface area contributed by atoms with Crippen LogP contribution in [-0.2, 0) is 11.2 Å². The van der Waals surface area contributed by atoms with Gasteiger partial charge >= 0.3 is 0 Å². The molecule has 0 saturated carbocycles. The van der Waals surface area contributed by atoms with Crippen LogP contribution in [0.4, 0.5) is 0 Å². The van der Waals surface area contributed by atoms with Crippen LogP contribution in [0.5, 0.6) is 11.5 Å². The van der Waals surface area contributed by atoms with Gasteiger partial charge in [0.05, 0.1) is 7.11 Å². The molecule has 0 radical (unpaired) electrons. The molecule has 2 aromatic carbocycles. The Kier molecular flexibility index (Phi) is 6.02. The normalized spacial score (nSPS) is 11.2. The Morgan fingerprint density at radius 1 is 1.39 bits per heavy atom. The van der Waals surface area contributed by atoms with Crippen LogP contribution in [0.15, 0.2) is 52.6 Å². The molecule has 3 aromatic rings. The fourth-order valence-electron chi connectivity index (χ4n) is 2.91. The van der Waals surface area contributed by atoms with Crippen LogP contribution in [0.1, 0.15) is 11.1 Å². The maximum atomic E-state index is 12.4. The predicted octanol–water partition coefficient (Wildman–Crippen LogP) is 3.91. The Bertz CT molecular complexity index is 1100. The molecule has 0 aliphatic rings. The first-order chi connectivity index (χ1) is 13.5. The van der Waals surface area contributed by atoms with Gasteiger partial charge in [-0.15, -0.1) is 0 Å². The Labute approximate surface area is 170 Å². The van der Waals surface area contributed by atoms with Crippen LogP contribution in [0, 0.1) is 11.3 Å². The molecule has 0 atom stereocenters. The van der Waals surface area contributed by atoms with Gasteiger partial charge < -0.3 is 20.1 Å². The number of hydrogen-bond donors (Lipinski definition) is 3. The minimum atomic E-state index is -0.499. The monoisotopic (exact) mass is 439 g/mol. The predicted molar refractivity (Wildman–Crippen MR) is 111 cm³/mol. The lowest BCUT2D eigenvalue weighted by atomic mass is 10.1. The number of rotatable bonds is 6. The van der Waals surface area contributed by atoms with E-state index in [4.69, 9.17) is 4.74 Å². The molecule has 7 heteroatoms. The molecule has 0 aliphatic carbocycles. The van der Waals surface area contributed by atoms with Gasteiger partial charge in [0.15, 0.2) is 11.5 Å². The molecule has 0 unspecified atom stereocenters. The SMILES string of the molecule is COc1cc(Br)cc(/C=C(/C#N)C(=O)NCCc2c[nH]c3ccccc23)c1O. The Morgan fingerprint density at radius 3 is 2.93 bits per heavy atom. The molecule has 1 heterocycles. The maximum absolute atomic E-state index is 12.4. The number of amides is 1. The number of methoxy groups -OCH3 is 1. The highest BCUT2D eigenvalue weighted by atomic mass is 79.9. The van der Waals surface area contributed by atoms with Gasteiger partial charge in [-0.05, 0) is 36.3 Å². The number of phenolic OH excluding ortho intramolecular Hbond substituents is 1. The molecule has 28 heavy (non-hydrogen) atoms. The minimum Gasteiger partial charge on any atom is -0.504 e. The summed E-state index contributed by atoms with van der Waals surface area (Å²) in [5.74, 6) is -0.386. The molecule has 0 fully saturated rings. The van der Waals surface area contributed by atoms with Crippen molar-refractivity contribution in [2.75, 3.05) is 13.7 Å². The number of hydrogen-bond acceptors (Lipinski definition) is 4. The molecule has 1 amide bonds.